The summed E-state index contributed by atoms with van der Waals surface area (Å²) < 4.78 is 18.0. The van der Waals surface area contributed by atoms with Gasteiger partial charge in [0.2, 0.25) is 11.9 Å². The van der Waals surface area contributed by atoms with Crippen molar-refractivity contribution in [3.8, 4) is 0 Å². The number of pyridine rings is 1. The molecule has 6 heteroatoms. The Bertz CT molecular complexity index is 455. The number of halogens is 1. The van der Waals surface area contributed by atoms with E-state index in [-0.39, 0.29) is 18.6 Å². The zero-order valence-corrected chi connectivity index (χ0v) is 11.2. The van der Waals surface area contributed by atoms with Crippen LogP contribution in [-0.4, -0.2) is 55.2 Å². The van der Waals surface area contributed by atoms with Crippen LogP contribution in [0.25, 0.3) is 0 Å². The van der Waals surface area contributed by atoms with Gasteiger partial charge in [0.1, 0.15) is 12.4 Å². The molecule has 5 nitrogen and oxygen atoms in total. The number of aromatic nitrogens is 1. The zero-order valence-electron chi connectivity index (χ0n) is 11.2. The molecule has 0 bridgehead atoms. The van der Waals surface area contributed by atoms with Crippen LogP contribution in [0.1, 0.15) is 6.92 Å². The Hall–Kier alpha value is -1.69. The summed E-state index contributed by atoms with van der Waals surface area (Å²) in [7, 11) is 1.51. The van der Waals surface area contributed by atoms with Crippen LogP contribution < -0.4 is 4.90 Å². The lowest BCUT2D eigenvalue weighted by Crippen LogP contribution is -2.54. The predicted octanol–water partition coefficient (Wildman–Crippen LogP) is 0.904. The maximum Gasteiger partial charge on any atom is 0.248 e. The number of rotatable bonds is 3. The molecule has 2 heterocycles. The monoisotopic (exact) mass is 267 g/mol. The number of carbonyl (C=O) groups is 1. The highest BCUT2D eigenvalue weighted by Gasteiger charge is 2.27. The van der Waals surface area contributed by atoms with Crippen molar-refractivity contribution in [2.45, 2.75) is 13.0 Å². The molecule has 2 rings (SSSR count). The van der Waals surface area contributed by atoms with Gasteiger partial charge in [-0.3, -0.25) is 4.79 Å². The number of carbonyl (C=O) groups excluding carboxylic acids is 1. The fourth-order valence-electron chi connectivity index (χ4n) is 2.30. The van der Waals surface area contributed by atoms with E-state index in [1.54, 1.807) is 17.0 Å². The van der Waals surface area contributed by atoms with E-state index in [0.717, 1.165) is 0 Å². The van der Waals surface area contributed by atoms with E-state index in [2.05, 4.69) is 4.98 Å². The third kappa shape index (κ3) is 3.20. The van der Waals surface area contributed by atoms with Gasteiger partial charge < -0.3 is 14.5 Å². The molecule has 104 valence electrons. The lowest BCUT2D eigenvalue weighted by molar-refractivity contribution is -0.135. The molecule has 0 spiro atoms. The summed E-state index contributed by atoms with van der Waals surface area (Å²) in [5.41, 5.74) is 0. The van der Waals surface area contributed by atoms with Crippen molar-refractivity contribution in [2.75, 3.05) is 38.3 Å². The number of nitrogens with zero attached hydrogens (tertiary/aromatic N) is 3. The van der Waals surface area contributed by atoms with Gasteiger partial charge in [-0.1, -0.05) is 6.07 Å². The van der Waals surface area contributed by atoms with E-state index in [9.17, 15) is 9.18 Å². The SMILES string of the molecule is COCC(=O)N1CCN(c2cccc(F)n2)C(C)C1. The van der Waals surface area contributed by atoms with Crippen molar-refractivity contribution in [2.24, 2.45) is 0 Å². The average Bonchev–Trinajstić information content (AvgIpc) is 2.38. The zero-order chi connectivity index (χ0) is 13.8. The van der Waals surface area contributed by atoms with Gasteiger partial charge in [-0.2, -0.15) is 4.39 Å². The van der Waals surface area contributed by atoms with Crippen molar-refractivity contribution >= 4 is 11.7 Å². The highest BCUT2D eigenvalue weighted by Crippen LogP contribution is 2.18. The van der Waals surface area contributed by atoms with E-state index >= 15 is 0 Å². The first-order valence-corrected chi connectivity index (χ1v) is 6.27. The van der Waals surface area contributed by atoms with E-state index < -0.39 is 5.95 Å². The number of methoxy groups -OCH3 is 1. The number of hydrogen-bond acceptors (Lipinski definition) is 4. The Labute approximate surface area is 112 Å². The molecular weight excluding hydrogens is 249 g/mol. The van der Waals surface area contributed by atoms with E-state index in [4.69, 9.17) is 4.74 Å². The first-order chi connectivity index (χ1) is 9.11. The highest BCUT2D eigenvalue weighted by molar-refractivity contribution is 5.77. The Kier molecular flexibility index (Phi) is 4.31. The maximum absolute atomic E-state index is 13.1. The Morgan fingerprint density at radius 1 is 1.53 bits per heavy atom. The molecule has 1 aliphatic heterocycles. The second kappa shape index (κ2) is 5.97. The second-order valence-corrected chi connectivity index (χ2v) is 4.63. The molecule has 0 saturated carbocycles. The van der Waals surface area contributed by atoms with Gasteiger partial charge in [0.15, 0.2) is 0 Å². The van der Waals surface area contributed by atoms with Crippen LogP contribution in [0.15, 0.2) is 18.2 Å². The minimum Gasteiger partial charge on any atom is -0.375 e. The molecule has 1 amide bonds. The van der Waals surface area contributed by atoms with Crippen LogP contribution in [0.3, 0.4) is 0 Å². The van der Waals surface area contributed by atoms with Crippen LogP contribution in [0.2, 0.25) is 0 Å². The Balaban J connectivity index is 2.03. The van der Waals surface area contributed by atoms with Gasteiger partial charge in [0, 0.05) is 32.8 Å². The van der Waals surface area contributed by atoms with Gasteiger partial charge in [-0.15, -0.1) is 0 Å². The van der Waals surface area contributed by atoms with Gasteiger partial charge >= 0.3 is 0 Å². The molecule has 1 saturated heterocycles. The molecule has 19 heavy (non-hydrogen) atoms. The third-order valence-corrected chi connectivity index (χ3v) is 3.24. The third-order valence-electron chi connectivity index (χ3n) is 3.24. The lowest BCUT2D eigenvalue weighted by atomic mass is 10.2. The summed E-state index contributed by atoms with van der Waals surface area (Å²) in [5.74, 6) is 0.120. The molecular formula is C13H18FN3O2. The largest absolute Gasteiger partial charge is 0.375 e. The van der Waals surface area contributed by atoms with Gasteiger partial charge in [-0.05, 0) is 19.1 Å². The molecule has 1 aliphatic rings. The van der Waals surface area contributed by atoms with Crippen molar-refractivity contribution in [3.05, 3.63) is 24.1 Å². The van der Waals surface area contributed by atoms with E-state index in [1.165, 1.54) is 13.2 Å². The number of ether oxygens (including phenoxy) is 1. The molecule has 1 aromatic heterocycles. The summed E-state index contributed by atoms with van der Waals surface area (Å²) in [6, 6.07) is 4.86. The first kappa shape index (κ1) is 13.7. The summed E-state index contributed by atoms with van der Waals surface area (Å²) in [5, 5.41) is 0. The smallest absolute Gasteiger partial charge is 0.248 e. The van der Waals surface area contributed by atoms with Crippen molar-refractivity contribution in [3.63, 3.8) is 0 Å². The fraction of sp³-hybridized carbons (Fsp3) is 0.538. The minimum atomic E-state index is -0.484. The second-order valence-electron chi connectivity index (χ2n) is 4.63. The molecule has 1 aromatic rings. The molecule has 1 atom stereocenters. The topological polar surface area (TPSA) is 45.7 Å². The molecule has 1 fully saturated rings. The van der Waals surface area contributed by atoms with E-state index in [0.29, 0.717) is 25.5 Å². The summed E-state index contributed by atoms with van der Waals surface area (Å²) in [4.78, 5) is 19.4. The van der Waals surface area contributed by atoms with Gasteiger partial charge in [0.25, 0.3) is 0 Å². The number of hydrogen-bond donors (Lipinski definition) is 0. The fourth-order valence-corrected chi connectivity index (χ4v) is 2.30. The van der Waals surface area contributed by atoms with Gasteiger partial charge in [-0.25, -0.2) is 4.98 Å². The summed E-state index contributed by atoms with van der Waals surface area (Å²) >= 11 is 0. The molecule has 1 unspecified atom stereocenters. The van der Waals surface area contributed by atoms with Gasteiger partial charge in [0.05, 0.1) is 0 Å². The quantitative estimate of drug-likeness (QED) is 0.764. The molecule has 0 aliphatic carbocycles. The maximum atomic E-state index is 13.1. The van der Waals surface area contributed by atoms with Crippen molar-refractivity contribution in [1.29, 1.82) is 0 Å². The normalized spacial score (nSPS) is 19.6. The average molecular weight is 267 g/mol. The molecule has 0 radical (unpaired) electrons. The van der Waals surface area contributed by atoms with Crippen LogP contribution in [0, 0.1) is 5.95 Å². The van der Waals surface area contributed by atoms with Crippen LogP contribution in [-0.2, 0) is 9.53 Å². The number of piperazine rings is 1. The highest BCUT2D eigenvalue weighted by atomic mass is 19.1. The van der Waals surface area contributed by atoms with Crippen LogP contribution in [0.5, 0.6) is 0 Å². The van der Waals surface area contributed by atoms with Crippen molar-refractivity contribution in [1.82, 2.24) is 9.88 Å². The Morgan fingerprint density at radius 3 is 2.95 bits per heavy atom. The standard InChI is InChI=1S/C13H18FN3O2/c1-10-8-16(13(18)9-19-2)6-7-17(10)12-5-3-4-11(14)15-12/h3-5,10H,6-9H2,1-2H3. The number of anilines is 1. The van der Waals surface area contributed by atoms with Crippen molar-refractivity contribution < 1.29 is 13.9 Å². The van der Waals surface area contributed by atoms with Crippen LogP contribution in [0.4, 0.5) is 10.2 Å². The molecule has 0 aromatic carbocycles. The minimum absolute atomic E-state index is 0.0128. The number of amides is 1. The first-order valence-electron chi connectivity index (χ1n) is 6.27. The van der Waals surface area contributed by atoms with Crippen LogP contribution >= 0.6 is 0 Å². The summed E-state index contributed by atoms with van der Waals surface area (Å²) in [6.07, 6.45) is 0. The predicted molar refractivity (Wildman–Crippen MR) is 69.5 cm³/mol. The van der Waals surface area contributed by atoms with E-state index in [1.807, 2.05) is 11.8 Å². The molecule has 0 N–H and O–H groups in total. The lowest BCUT2D eigenvalue weighted by Gasteiger charge is -2.40. The summed E-state index contributed by atoms with van der Waals surface area (Å²) in [6.45, 7) is 3.95. The Morgan fingerprint density at radius 2 is 2.32 bits per heavy atom.